The molecule has 1 saturated carbocycles. The third-order valence-electron chi connectivity index (χ3n) is 3.75. The van der Waals surface area contributed by atoms with Gasteiger partial charge in [0.25, 0.3) is 0 Å². The largest absolute Gasteiger partial charge is 0.403 e. The maximum absolute atomic E-state index is 12.8. The summed E-state index contributed by atoms with van der Waals surface area (Å²) in [6, 6.07) is -0.0534. The zero-order chi connectivity index (χ0) is 12.1. The van der Waals surface area contributed by atoms with Crippen LogP contribution in [0.15, 0.2) is 0 Å². The van der Waals surface area contributed by atoms with Crippen LogP contribution in [0.5, 0.6) is 0 Å². The number of halogens is 3. The van der Waals surface area contributed by atoms with Gasteiger partial charge in [-0.15, -0.1) is 0 Å². The van der Waals surface area contributed by atoms with E-state index in [1.807, 2.05) is 13.8 Å². The molecule has 2 atom stereocenters. The van der Waals surface area contributed by atoms with Crippen molar-refractivity contribution in [3.05, 3.63) is 0 Å². The number of hydrogen-bond acceptors (Lipinski definition) is 1. The molecule has 1 aliphatic carbocycles. The van der Waals surface area contributed by atoms with E-state index < -0.39 is 17.5 Å². The van der Waals surface area contributed by atoms with Gasteiger partial charge in [-0.25, -0.2) is 0 Å². The van der Waals surface area contributed by atoms with E-state index in [0.717, 1.165) is 6.42 Å². The Balaban J connectivity index is 2.15. The number of rotatable bonds is 1. The molecule has 2 aliphatic rings. The van der Waals surface area contributed by atoms with Crippen LogP contribution in [0.1, 0.15) is 33.1 Å². The van der Waals surface area contributed by atoms with E-state index >= 15 is 0 Å². The fourth-order valence-corrected chi connectivity index (χ4v) is 2.60. The third kappa shape index (κ3) is 1.60. The number of hydrogen-bond donors (Lipinski definition) is 0. The topological polar surface area (TPSA) is 20.3 Å². The Morgan fingerprint density at radius 3 is 2.19 bits per heavy atom. The molecule has 2 nitrogen and oxygen atoms in total. The first-order valence-corrected chi connectivity index (χ1v) is 5.66. The first-order chi connectivity index (χ1) is 7.28. The highest BCUT2D eigenvalue weighted by Crippen LogP contribution is 2.59. The first-order valence-electron chi connectivity index (χ1n) is 5.66. The van der Waals surface area contributed by atoms with Crippen LogP contribution in [0.3, 0.4) is 0 Å². The Bertz CT molecular complexity index is 309. The molecule has 1 amide bonds. The predicted molar refractivity (Wildman–Crippen MR) is 52.7 cm³/mol. The van der Waals surface area contributed by atoms with E-state index in [-0.39, 0.29) is 18.9 Å². The summed E-state index contributed by atoms with van der Waals surface area (Å²) >= 11 is 0. The van der Waals surface area contributed by atoms with Crippen LogP contribution in [0, 0.1) is 11.3 Å². The number of carbonyl (C=O) groups is 1. The van der Waals surface area contributed by atoms with Gasteiger partial charge in [-0.3, -0.25) is 4.79 Å². The summed E-state index contributed by atoms with van der Waals surface area (Å²) in [6.45, 7) is 4.27. The Hall–Kier alpha value is -0.740. The quantitative estimate of drug-likeness (QED) is 0.684. The Kier molecular flexibility index (Phi) is 2.48. The standard InChI is InChI=1S/C11H16F3NO/c1-7-5-8(2)15(6-7)9(16)10(3-4-10)11(12,13)14/h7-8H,3-6H2,1-2H3/t7?,8-/m1/s1. The van der Waals surface area contributed by atoms with Crippen molar-refractivity contribution < 1.29 is 18.0 Å². The molecule has 0 aromatic rings. The second-order valence-electron chi connectivity index (χ2n) is 5.23. The molecule has 92 valence electrons. The van der Waals surface area contributed by atoms with Gasteiger partial charge in [-0.2, -0.15) is 13.2 Å². The minimum atomic E-state index is -4.38. The fraction of sp³-hybridized carbons (Fsp3) is 0.909. The first kappa shape index (κ1) is 11.7. The summed E-state index contributed by atoms with van der Waals surface area (Å²) in [5, 5.41) is 0. The molecule has 0 radical (unpaired) electrons. The van der Waals surface area contributed by atoms with E-state index in [2.05, 4.69) is 0 Å². The van der Waals surface area contributed by atoms with Crippen molar-refractivity contribution in [2.24, 2.45) is 11.3 Å². The molecule has 2 fully saturated rings. The molecule has 0 aromatic carbocycles. The second kappa shape index (κ2) is 3.37. The molecule has 1 aliphatic heterocycles. The lowest BCUT2D eigenvalue weighted by atomic mass is 10.0. The molecule has 0 N–H and O–H groups in total. The van der Waals surface area contributed by atoms with Crippen molar-refractivity contribution in [1.82, 2.24) is 4.90 Å². The van der Waals surface area contributed by atoms with Crippen LogP contribution in [0.4, 0.5) is 13.2 Å². The predicted octanol–water partition coefficient (Wildman–Crippen LogP) is 2.59. The van der Waals surface area contributed by atoms with Gasteiger partial charge < -0.3 is 4.90 Å². The normalized spacial score (nSPS) is 32.9. The van der Waals surface area contributed by atoms with Crippen LogP contribution in [0.25, 0.3) is 0 Å². The van der Waals surface area contributed by atoms with Crippen molar-refractivity contribution in [2.45, 2.75) is 45.3 Å². The summed E-state index contributed by atoms with van der Waals surface area (Å²) in [4.78, 5) is 13.4. The maximum atomic E-state index is 12.8. The highest BCUT2D eigenvalue weighted by Gasteiger charge is 2.69. The zero-order valence-electron chi connectivity index (χ0n) is 9.47. The van der Waals surface area contributed by atoms with E-state index in [4.69, 9.17) is 0 Å². The molecule has 1 saturated heterocycles. The number of nitrogens with zero attached hydrogens (tertiary/aromatic N) is 1. The minimum absolute atomic E-state index is 0.0348. The minimum Gasteiger partial charge on any atom is -0.339 e. The van der Waals surface area contributed by atoms with Gasteiger partial charge in [0.2, 0.25) is 5.91 Å². The smallest absolute Gasteiger partial charge is 0.339 e. The Labute approximate surface area is 92.8 Å². The summed E-state index contributed by atoms with van der Waals surface area (Å²) < 4.78 is 38.3. The lowest BCUT2D eigenvalue weighted by molar-refractivity contribution is -0.198. The molecule has 0 bridgehead atoms. The summed E-state index contributed by atoms with van der Waals surface area (Å²) in [5.74, 6) is -0.389. The zero-order valence-corrected chi connectivity index (χ0v) is 9.47. The summed E-state index contributed by atoms with van der Waals surface area (Å²) in [5.41, 5.74) is -2.04. The highest BCUT2D eigenvalue weighted by atomic mass is 19.4. The summed E-state index contributed by atoms with van der Waals surface area (Å²) in [6.07, 6.45) is -3.64. The number of likely N-dealkylation sites (tertiary alicyclic amines) is 1. The van der Waals surface area contributed by atoms with Gasteiger partial charge in [-0.05, 0) is 32.1 Å². The fourth-order valence-electron chi connectivity index (χ4n) is 2.60. The van der Waals surface area contributed by atoms with Gasteiger partial charge >= 0.3 is 6.18 Å². The van der Waals surface area contributed by atoms with E-state index in [1.54, 1.807) is 0 Å². The lowest BCUT2D eigenvalue weighted by Crippen LogP contribution is -2.45. The van der Waals surface area contributed by atoms with Crippen molar-refractivity contribution in [3.8, 4) is 0 Å². The van der Waals surface area contributed by atoms with E-state index in [0.29, 0.717) is 12.5 Å². The molecule has 0 spiro atoms. The molecule has 5 heteroatoms. The Morgan fingerprint density at radius 1 is 1.31 bits per heavy atom. The maximum Gasteiger partial charge on any atom is 0.403 e. The molecule has 0 aromatic heterocycles. The van der Waals surface area contributed by atoms with Crippen LogP contribution < -0.4 is 0 Å². The Morgan fingerprint density at radius 2 is 1.88 bits per heavy atom. The van der Waals surface area contributed by atoms with Crippen molar-refractivity contribution in [2.75, 3.05) is 6.54 Å². The van der Waals surface area contributed by atoms with Gasteiger partial charge in [0.1, 0.15) is 5.41 Å². The van der Waals surface area contributed by atoms with Crippen molar-refractivity contribution >= 4 is 5.91 Å². The summed E-state index contributed by atoms with van der Waals surface area (Å²) in [7, 11) is 0. The van der Waals surface area contributed by atoms with E-state index in [1.165, 1.54) is 4.90 Å². The van der Waals surface area contributed by atoms with Crippen molar-refractivity contribution in [3.63, 3.8) is 0 Å². The van der Waals surface area contributed by atoms with Crippen LogP contribution >= 0.6 is 0 Å². The average molecular weight is 235 g/mol. The molecule has 16 heavy (non-hydrogen) atoms. The van der Waals surface area contributed by atoms with Crippen molar-refractivity contribution in [1.29, 1.82) is 0 Å². The molecule has 1 heterocycles. The lowest BCUT2D eigenvalue weighted by Gasteiger charge is -2.28. The number of amides is 1. The second-order valence-corrected chi connectivity index (χ2v) is 5.23. The molecular formula is C11H16F3NO. The number of alkyl halides is 3. The van der Waals surface area contributed by atoms with E-state index in [9.17, 15) is 18.0 Å². The average Bonchev–Trinajstić information content (AvgIpc) is 2.87. The van der Waals surface area contributed by atoms with Gasteiger partial charge in [0.15, 0.2) is 0 Å². The molecular weight excluding hydrogens is 219 g/mol. The number of carbonyl (C=O) groups excluding carboxylic acids is 1. The van der Waals surface area contributed by atoms with Gasteiger partial charge in [0.05, 0.1) is 0 Å². The highest BCUT2D eigenvalue weighted by molar-refractivity contribution is 5.86. The van der Waals surface area contributed by atoms with Crippen LogP contribution in [0.2, 0.25) is 0 Å². The van der Waals surface area contributed by atoms with Crippen LogP contribution in [-0.2, 0) is 4.79 Å². The monoisotopic (exact) mass is 235 g/mol. The third-order valence-corrected chi connectivity index (χ3v) is 3.75. The molecule has 1 unspecified atom stereocenters. The SMILES string of the molecule is CC1C[C@@H](C)N(C(=O)C2(C(F)(F)F)CC2)C1. The molecule has 2 rings (SSSR count). The van der Waals surface area contributed by atoms with Gasteiger partial charge in [-0.1, -0.05) is 6.92 Å². The van der Waals surface area contributed by atoms with Crippen LogP contribution in [-0.4, -0.2) is 29.6 Å². The van der Waals surface area contributed by atoms with Gasteiger partial charge in [0, 0.05) is 12.6 Å².